The van der Waals surface area contributed by atoms with Gasteiger partial charge >= 0.3 is 0 Å². The van der Waals surface area contributed by atoms with E-state index in [9.17, 15) is 15.0 Å². The number of hydrogen-bond donors (Lipinski definition) is 3. The number of carbonyl (C=O) groups is 1. The number of amides is 1. The molecule has 6 atom stereocenters. The number of carbonyl (C=O) groups excluding carboxylic acids is 1. The van der Waals surface area contributed by atoms with Gasteiger partial charge in [-0.25, -0.2) is 0 Å². The highest BCUT2D eigenvalue weighted by atomic mass is 16.6. The fourth-order valence-electron chi connectivity index (χ4n) is 2.90. The smallest absolute Gasteiger partial charge is 0.244 e. The van der Waals surface area contributed by atoms with Crippen molar-refractivity contribution in [3.8, 4) is 0 Å². The van der Waals surface area contributed by atoms with Crippen LogP contribution in [0, 0.1) is 11.8 Å². The molecule has 1 rings (SSSR count). The number of epoxide rings is 1. The van der Waals surface area contributed by atoms with Gasteiger partial charge in [0.25, 0.3) is 0 Å². The van der Waals surface area contributed by atoms with Crippen LogP contribution in [-0.2, 0) is 9.53 Å². The predicted molar refractivity (Wildman–Crippen MR) is 91.0 cm³/mol. The van der Waals surface area contributed by atoms with E-state index < -0.39 is 5.60 Å². The van der Waals surface area contributed by atoms with Crippen molar-refractivity contribution in [1.82, 2.24) is 5.32 Å². The first kappa shape index (κ1) is 20.1. The Balaban J connectivity index is 2.49. The van der Waals surface area contributed by atoms with Gasteiger partial charge in [-0.2, -0.15) is 0 Å². The van der Waals surface area contributed by atoms with Crippen LogP contribution in [0.1, 0.15) is 53.9 Å². The van der Waals surface area contributed by atoms with E-state index in [1.54, 1.807) is 6.08 Å². The summed E-state index contributed by atoms with van der Waals surface area (Å²) < 4.78 is 5.73. The van der Waals surface area contributed by atoms with Gasteiger partial charge in [-0.05, 0) is 37.7 Å². The Labute approximate surface area is 140 Å². The van der Waals surface area contributed by atoms with Crippen LogP contribution in [0.15, 0.2) is 12.2 Å². The van der Waals surface area contributed by atoms with Crippen LogP contribution >= 0.6 is 0 Å². The van der Waals surface area contributed by atoms with Crippen molar-refractivity contribution in [2.75, 3.05) is 6.61 Å². The molecule has 3 N–H and O–H groups in total. The first-order chi connectivity index (χ1) is 10.8. The third kappa shape index (κ3) is 5.90. The van der Waals surface area contributed by atoms with Gasteiger partial charge in [-0.1, -0.05) is 34.1 Å². The average molecular weight is 327 g/mol. The molecule has 1 saturated heterocycles. The Hall–Kier alpha value is -0.910. The third-order valence-corrected chi connectivity index (χ3v) is 4.94. The van der Waals surface area contributed by atoms with E-state index >= 15 is 0 Å². The molecule has 0 aromatic heterocycles. The van der Waals surface area contributed by atoms with Crippen LogP contribution in [-0.4, -0.2) is 46.6 Å². The average Bonchev–Trinajstić information content (AvgIpc) is 3.22. The monoisotopic (exact) mass is 327 g/mol. The minimum absolute atomic E-state index is 0.0379. The highest BCUT2D eigenvalue weighted by Gasteiger charge is 2.53. The van der Waals surface area contributed by atoms with Gasteiger partial charge in [-0.15, -0.1) is 0 Å². The maximum absolute atomic E-state index is 12.0. The molecule has 1 amide bonds. The summed E-state index contributed by atoms with van der Waals surface area (Å²) in [5.41, 5.74) is -0.435. The van der Waals surface area contributed by atoms with Crippen LogP contribution < -0.4 is 5.32 Å². The maximum Gasteiger partial charge on any atom is 0.244 e. The minimum atomic E-state index is -0.435. The molecule has 0 spiro atoms. The van der Waals surface area contributed by atoms with E-state index in [0.717, 1.165) is 12.8 Å². The van der Waals surface area contributed by atoms with Gasteiger partial charge < -0.3 is 20.3 Å². The zero-order chi connectivity index (χ0) is 17.6. The van der Waals surface area contributed by atoms with Gasteiger partial charge in [0.05, 0.1) is 24.9 Å². The fraction of sp³-hybridized carbons (Fsp3) is 0.833. The normalized spacial score (nSPS) is 29.1. The summed E-state index contributed by atoms with van der Waals surface area (Å²) >= 11 is 0. The van der Waals surface area contributed by atoms with Gasteiger partial charge in [0, 0.05) is 6.08 Å². The summed E-state index contributed by atoms with van der Waals surface area (Å²) in [6.45, 7) is 9.96. The summed E-state index contributed by atoms with van der Waals surface area (Å²) in [7, 11) is 0. The molecule has 1 aliphatic heterocycles. The lowest BCUT2D eigenvalue weighted by Gasteiger charge is -2.21. The van der Waals surface area contributed by atoms with E-state index in [-0.39, 0.29) is 42.6 Å². The summed E-state index contributed by atoms with van der Waals surface area (Å²) in [5, 5.41) is 21.9. The molecule has 0 aliphatic carbocycles. The minimum Gasteiger partial charge on any atom is -0.394 e. The largest absolute Gasteiger partial charge is 0.394 e. The molecule has 0 aromatic rings. The molecule has 1 heterocycles. The molecule has 23 heavy (non-hydrogen) atoms. The molecule has 5 nitrogen and oxygen atoms in total. The topological polar surface area (TPSA) is 82.1 Å². The first-order valence-electron chi connectivity index (χ1n) is 8.73. The third-order valence-electron chi connectivity index (χ3n) is 4.94. The highest BCUT2D eigenvalue weighted by molar-refractivity contribution is 5.88. The van der Waals surface area contributed by atoms with Crippen molar-refractivity contribution in [1.29, 1.82) is 0 Å². The Morgan fingerprint density at radius 1 is 1.35 bits per heavy atom. The number of aliphatic hydroxyl groups is 2. The number of hydrogen-bond acceptors (Lipinski definition) is 4. The molecular weight excluding hydrogens is 294 g/mol. The zero-order valence-electron chi connectivity index (χ0n) is 15.1. The Bertz CT molecular complexity index is 412. The second-order valence-electron chi connectivity index (χ2n) is 7.01. The van der Waals surface area contributed by atoms with Crippen LogP contribution in [0.5, 0.6) is 0 Å². The van der Waals surface area contributed by atoms with Gasteiger partial charge in [0.1, 0.15) is 5.60 Å². The SMILES string of the molecule is CC[C@@H](O)C[C@H](C)C1O[C@]1(C)/C=C/C(=O)N[C@H](CO)[C@@H](C)CC. The van der Waals surface area contributed by atoms with E-state index in [4.69, 9.17) is 4.74 Å². The van der Waals surface area contributed by atoms with E-state index in [1.165, 1.54) is 6.08 Å². The summed E-state index contributed by atoms with van der Waals surface area (Å²) in [5.74, 6) is 0.266. The fourth-order valence-corrected chi connectivity index (χ4v) is 2.90. The van der Waals surface area contributed by atoms with E-state index in [0.29, 0.717) is 6.42 Å². The van der Waals surface area contributed by atoms with Crippen molar-refractivity contribution in [2.45, 2.75) is 77.7 Å². The molecule has 0 radical (unpaired) electrons. The number of aliphatic hydroxyl groups excluding tert-OH is 2. The van der Waals surface area contributed by atoms with Crippen molar-refractivity contribution in [3.05, 3.63) is 12.2 Å². The van der Waals surface area contributed by atoms with Gasteiger partial charge in [0.2, 0.25) is 5.91 Å². The summed E-state index contributed by atoms with van der Waals surface area (Å²) in [6.07, 6.45) is 5.36. The molecule has 1 unspecified atom stereocenters. The summed E-state index contributed by atoms with van der Waals surface area (Å²) in [6, 6.07) is -0.223. The number of rotatable bonds is 10. The number of nitrogens with one attached hydrogen (secondary N) is 1. The van der Waals surface area contributed by atoms with Crippen LogP contribution in [0.25, 0.3) is 0 Å². The molecular formula is C18H33NO4. The summed E-state index contributed by atoms with van der Waals surface area (Å²) in [4.78, 5) is 12.0. The van der Waals surface area contributed by atoms with Crippen molar-refractivity contribution in [3.63, 3.8) is 0 Å². The Kier molecular flexibility index (Phi) is 7.71. The molecule has 5 heteroatoms. The molecule has 0 aromatic carbocycles. The quantitative estimate of drug-likeness (QED) is 0.423. The highest BCUT2D eigenvalue weighted by Crippen LogP contribution is 2.43. The molecule has 0 bridgehead atoms. The molecule has 0 saturated carbocycles. The lowest BCUT2D eigenvalue weighted by Crippen LogP contribution is -2.41. The van der Waals surface area contributed by atoms with Crippen molar-refractivity contribution >= 4 is 5.91 Å². The Morgan fingerprint density at radius 2 is 2.00 bits per heavy atom. The lowest BCUT2D eigenvalue weighted by molar-refractivity contribution is -0.117. The predicted octanol–water partition coefficient (Wildman–Crippen LogP) is 2.02. The zero-order valence-corrected chi connectivity index (χ0v) is 15.1. The second-order valence-corrected chi connectivity index (χ2v) is 7.01. The molecule has 1 fully saturated rings. The Morgan fingerprint density at radius 3 is 2.52 bits per heavy atom. The molecule has 134 valence electrons. The standard InChI is InChI=1S/C18H33NO4/c1-6-12(3)15(11-20)19-16(22)8-9-18(5)17(23-18)13(4)10-14(21)7-2/h8-9,12-15,17,20-21H,6-7,10-11H2,1-5H3,(H,19,22)/b9-8+/t12-,13-,14+,15+,17?,18+/m0/s1. The van der Waals surface area contributed by atoms with Crippen molar-refractivity contribution < 1.29 is 19.7 Å². The van der Waals surface area contributed by atoms with Gasteiger partial charge in [0.15, 0.2) is 0 Å². The number of ether oxygens (including phenoxy) is 1. The van der Waals surface area contributed by atoms with E-state index in [1.807, 2.05) is 27.7 Å². The van der Waals surface area contributed by atoms with Crippen molar-refractivity contribution in [2.24, 2.45) is 11.8 Å². The van der Waals surface area contributed by atoms with Gasteiger partial charge in [-0.3, -0.25) is 4.79 Å². The molecule has 1 aliphatic rings. The lowest BCUT2D eigenvalue weighted by atomic mass is 9.91. The second kappa shape index (κ2) is 8.81. The van der Waals surface area contributed by atoms with Crippen LogP contribution in [0.2, 0.25) is 0 Å². The first-order valence-corrected chi connectivity index (χ1v) is 8.73. The van der Waals surface area contributed by atoms with Crippen LogP contribution in [0.3, 0.4) is 0 Å². The maximum atomic E-state index is 12.0. The van der Waals surface area contributed by atoms with Crippen LogP contribution in [0.4, 0.5) is 0 Å². The van der Waals surface area contributed by atoms with E-state index in [2.05, 4.69) is 12.2 Å².